The fraction of sp³-hybridized carbons (Fsp3) is 0.609. The number of benzene rings is 1. The third kappa shape index (κ3) is 6.75. The van der Waals surface area contributed by atoms with Crippen molar-refractivity contribution in [2.45, 2.75) is 30.3 Å². The van der Waals surface area contributed by atoms with Crippen molar-refractivity contribution in [1.82, 2.24) is 20.0 Å². The summed E-state index contributed by atoms with van der Waals surface area (Å²) in [5, 5.41) is 5.79. The summed E-state index contributed by atoms with van der Waals surface area (Å²) in [7, 11) is 0. The second-order valence-corrected chi connectivity index (χ2v) is 9.93. The van der Waals surface area contributed by atoms with E-state index in [2.05, 4.69) is 25.1 Å². The second-order valence-electron chi connectivity index (χ2n) is 8.80. The highest BCUT2D eigenvalue weighted by molar-refractivity contribution is 7.99. The monoisotopic (exact) mass is 517 g/mol. The number of imide groups is 1. The molecule has 1 atom stereocenters. The van der Waals surface area contributed by atoms with Crippen molar-refractivity contribution in [3.8, 4) is 0 Å². The average Bonchev–Trinajstić information content (AvgIpc) is 3.21. The fourth-order valence-corrected chi connectivity index (χ4v) is 5.43. The fourth-order valence-electron chi connectivity index (χ4n) is 4.49. The van der Waals surface area contributed by atoms with Crippen molar-refractivity contribution < 1.29 is 23.9 Å². The standard InChI is InChI=1S/C23H31N7O5S/c24-27-25-6-11-34-15-28-7-9-29(10-8-28)16-35-12-13-36-20-3-1-2-17-18(20)14-30(23(17)33)19-4-5-21(31)26-22(19)32/h1-3,19H,4-16H2,(H,26,31,32). The molecule has 194 valence electrons. The molecule has 1 aromatic rings. The summed E-state index contributed by atoms with van der Waals surface area (Å²) in [5.74, 6) is -0.0826. The van der Waals surface area contributed by atoms with Crippen LogP contribution in [0.4, 0.5) is 0 Å². The van der Waals surface area contributed by atoms with Gasteiger partial charge in [-0.05, 0) is 29.6 Å². The number of nitrogens with zero attached hydrogens (tertiary/aromatic N) is 6. The lowest BCUT2D eigenvalue weighted by Crippen LogP contribution is -2.52. The summed E-state index contributed by atoms with van der Waals surface area (Å²) in [5.41, 5.74) is 9.83. The van der Waals surface area contributed by atoms with Gasteiger partial charge in [0.1, 0.15) is 6.04 Å². The zero-order valence-electron chi connectivity index (χ0n) is 20.1. The highest BCUT2D eigenvalue weighted by atomic mass is 32.2. The van der Waals surface area contributed by atoms with E-state index in [1.165, 1.54) is 0 Å². The third-order valence-electron chi connectivity index (χ3n) is 6.44. The van der Waals surface area contributed by atoms with Gasteiger partial charge in [-0.1, -0.05) is 11.2 Å². The van der Waals surface area contributed by atoms with Crippen molar-refractivity contribution in [2.75, 3.05) is 65.2 Å². The highest BCUT2D eigenvalue weighted by Crippen LogP contribution is 2.34. The predicted octanol–water partition coefficient (Wildman–Crippen LogP) is 1.42. The Morgan fingerprint density at radius 2 is 1.81 bits per heavy atom. The molecule has 0 aliphatic carbocycles. The Bertz CT molecular complexity index is 1010. The third-order valence-corrected chi connectivity index (χ3v) is 7.50. The van der Waals surface area contributed by atoms with Crippen LogP contribution in [0.25, 0.3) is 10.4 Å². The van der Waals surface area contributed by atoms with Crippen molar-refractivity contribution >= 4 is 29.5 Å². The number of nitrogens with one attached hydrogen (secondary N) is 1. The van der Waals surface area contributed by atoms with Gasteiger partial charge in [0.15, 0.2) is 0 Å². The summed E-state index contributed by atoms with van der Waals surface area (Å²) in [6.07, 6.45) is 0.608. The molecule has 0 saturated carbocycles. The van der Waals surface area contributed by atoms with Gasteiger partial charge in [0.25, 0.3) is 5.91 Å². The topological polar surface area (TPSA) is 140 Å². The van der Waals surface area contributed by atoms with Crippen LogP contribution in [-0.4, -0.2) is 104 Å². The van der Waals surface area contributed by atoms with Crippen LogP contribution in [0, 0.1) is 0 Å². The van der Waals surface area contributed by atoms with Crippen LogP contribution >= 0.6 is 11.8 Å². The minimum absolute atomic E-state index is 0.154. The van der Waals surface area contributed by atoms with E-state index < -0.39 is 11.9 Å². The van der Waals surface area contributed by atoms with E-state index >= 15 is 0 Å². The Balaban J connectivity index is 1.16. The van der Waals surface area contributed by atoms with E-state index in [0.29, 0.717) is 51.7 Å². The quantitative estimate of drug-likeness (QED) is 0.110. The number of carbonyl (C=O) groups excluding carboxylic acids is 3. The molecule has 0 aromatic heterocycles. The highest BCUT2D eigenvalue weighted by Gasteiger charge is 2.39. The molecule has 3 aliphatic heterocycles. The molecule has 3 heterocycles. The number of azide groups is 1. The van der Waals surface area contributed by atoms with Gasteiger partial charge in [-0.2, -0.15) is 0 Å². The van der Waals surface area contributed by atoms with Gasteiger partial charge in [-0.3, -0.25) is 29.5 Å². The maximum absolute atomic E-state index is 12.9. The smallest absolute Gasteiger partial charge is 0.255 e. The second kappa shape index (κ2) is 13.0. The van der Waals surface area contributed by atoms with Crippen LogP contribution in [-0.2, 0) is 25.6 Å². The molecule has 1 aromatic carbocycles. The van der Waals surface area contributed by atoms with Crippen LogP contribution in [0.15, 0.2) is 28.2 Å². The van der Waals surface area contributed by atoms with Crippen LogP contribution in [0.3, 0.4) is 0 Å². The summed E-state index contributed by atoms with van der Waals surface area (Å²) < 4.78 is 11.4. The number of ether oxygens (including phenoxy) is 2. The van der Waals surface area contributed by atoms with Gasteiger partial charge >= 0.3 is 0 Å². The Morgan fingerprint density at radius 1 is 1.08 bits per heavy atom. The number of hydrogen-bond donors (Lipinski definition) is 1. The number of carbonyl (C=O) groups is 3. The Hall–Kier alpha value is -2.67. The maximum Gasteiger partial charge on any atom is 0.255 e. The summed E-state index contributed by atoms with van der Waals surface area (Å²) in [6, 6.07) is 5.07. The van der Waals surface area contributed by atoms with Crippen molar-refractivity contribution in [3.63, 3.8) is 0 Å². The summed E-state index contributed by atoms with van der Waals surface area (Å²) in [6.45, 7) is 6.45. The SMILES string of the molecule is [N-]=[N+]=NCCOCN1CCN(COCCSc2cccc3c2CN(C2CCC(=O)NC2=O)C3=O)CC1. The minimum atomic E-state index is -0.603. The van der Waals surface area contributed by atoms with E-state index in [9.17, 15) is 14.4 Å². The molecular formula is C23H31N7O5S. The van der Waals surface area contributed by atoms with Gasteiger partial charge in [0.2, 0.25) is 11.8 Å². The number of rotatable bonds is 12. The normalized spacial score (nSPS) is 20.8. The summed E-state index contributed by atoms with van der Waals surface area (Å²) in [4.78, 5) is 46.5. The minimum Gasteiger partial charge on any atom is -0.366 e. The zero-order valence-corrected chi connectivity index (χ0v) is 21.0. The van der Waals surface area contributed by atoms with E-state index in [1.807, 2.05) is 12.1 Å². The number of hydrogen-bond acceptors (Lipinski definition) is 9. The first-order chi connectivity index (χ1) is 17.6. The molecular weight excluding hydrogens is 486 g/mol. The van der Waals surface area contributed by atoms with Crippen LogP contribution in [0.5, 0.6) is 0 Å². The first-order valence-electron chi connectivity index (χ1n) is 12.1. The van der Waals surface area contributed by atoms with E-state index in [4.69, 9.17) is 15.0 Å². The average molecular weight is 518 g/mol. The van der Waals surface area contributed by atoms with Crippen molar-refractivity contribution in [1.29, 1.82) is 0 Å². The molecule has 4 rings (SSSR count). The van der Waals surface area contributed by atoms with Gasteiger partial charge in [0, 0.05) is 66.8 Å². The first kappa shape index (κ1) is 26.4. The number of piperazine rings is 1. The van der Waals surface area contributed by atoms with Gasteiger partial charge in [-0.15, -0.1) is 11.8 Å². The van der Waals surface area contributed by atoms with Gasteiger partial charge in [0.05, 0.1) is 26.7 Å². The largest absolute Gasteiger partial charge is 0.366 e. The predicted molar refractivity (Wildman–Crippen MR) is 132 cm³/mol. The molecule has 0 bridgehead atoms. The zero-order chi connectivity index (χ0) is 25.3. The molecule has 36 heavy (non-hydrogen) atoms. The summed E-state index contributed by atoms with van der Waals surface area (Å²) >= 11 is 1.65. The van der Waals surface area contributed by atoms with Crippen LogP contribution in [0.1, 0.15) is 28.8 Å². The molecule has 0 spiro atoms. The lowest BCUT2D eigenvalue weighted by atomic mass is 10.0. The Labute approximate surface area is 213 Å². The van der Waals surface area contributed by atoms with E-state index in [0.717, 1.165) is 42.4 Å². The maximum atomic E-state index is 12.9. The molecule has 3 amide bonds. The number of fused-ring (bicyclic) bond motifs is 1. The van der Waals surface area contributed by atoms with E-state index in [1.54, 1.807) is 22.7 Å². The molecule has 12 nitrogen and oxygen atoms in total. The van der Waals surface area contributed by atoms with Crippen LogP contribution in [0.2, 0.25) is 0 Å². The molecule has 2 saturated heterocycles. The number of amides is 3. The lowest BCUT2D eigenvalue weighted by Gasteiger charge is -2.34. The molecule has 1 N–H and O–H groups in total. The molecule has 3 aliphatic rings. The van der Waals surface area contributed by atoms with Gasteiger partial charge < -0.3 is 14.4 Å². The molecule has 0 radical (unpaired) electrons. The van der Waals surface area contributed by atoms with Gasteiger partial charge in [-0.25, -0.2) is 0 Å². The van der Waals surface area contributed by atoms with E-state index in [-0.39, 0.29) is 18.2 Å². The Morgan fingerprint density at radius 3 is 2.50 bits per heavy atom. The first-order valence-corrected chi connectivity index (χ1v) is 13.1. The Kier molecular flexibility index (Phi) is 9.56. The molecule has 1 unspecified atom stereocenters. The lowest BCUT2D eigenvalue weighted by molar-refractivity contribution is -0.136. The van der Waals surface area contributed by atoms with Crippen LogP contribution < -0.4 is 5.32 Å². The number of piperidine rings is 1. The molecule has 2 fully saturated rings. The number of thioether (sulfide) groups is 1. The van der Waals surface area contributed by atoms with Crippen molar-refractivity contribution in [3.05, 3.63) is 39.8 Å². The van der Waals surface area contributed by atoms with Crippen molar-refractivity contribution in [2.24, 2.45) is 5.11 Å². The molecule has 13 heteroatoms.